The van der Waals surface area contributed by atoms with Gasteiger partial charge >= 0.3 is 0 Å². The van der Waals surface area contributed by atoms with Crippen LogP contribution in [0.15, 0.2) is 36.9 Å². The first-order chi connectivity index (χ1) is 13.6. The summed E-state index contributed by atoms with van der Waals surface area (Å²) >= 11 is 0. The number of aromatic nitrogens is 7. The second kappa shape index (κ2) is 6.22. The van der Waals surface area contributed by atoms with Crippen LogP contribution in [0.1, 0.15) is 21.6 Å². The van der Waals surface area contributed by atoms with Gasteiger partial charge in [0.25, 0.3) is 5.91 Å². The van der Waals surface area contributed by atoms with Crippen molar-refractivity contribution >= 4 is 16.9 Å². The first kappa shape index (κ1) is 16.5. The van der Waals surface area contributed by atoms with Crippen LogP contribution < -0.4 is 0 Å². The molecule has 0 saturated carbocycles. The molecule has 0 N–H and O–H groups in total. The zero-order valence-electron chi connectivity index (χ0n) is 15.6. The predicted octanol–water partition coefficient (Wildman–Crippen LogP) is 1.36. The standard InChI is InChI=1S/C19H18N8O/c1-25-11-22-23-18(25)17-13-10-27(9-6-15(13)26(2)24-17)19(28)12-4-3-5-14-16(12)21-8-7-20-14/h3-5,7-8,11H,6,9-10H2,1-2H3. The smallest absolute Gasteiger partial charge is 0.256 e. The molecule has 0 saturated heterocycles. The van der Waals surface area contributed by atoms with E-state index in [4.69, 9.17) is 0 Å². The van der Waals surface area contributed by atoms with Crippen LogP contribution in [-0.4, -0.2) is 51.9 Å². The number of carbonyl (C=O) groups is 1. The van der Waals surface area contributed by atoms with Gasteiger partial charge in [-0.05, 0) is 12.1 Å². The van der Waals surface area contributed by atoms with Crippen molar-refractivity contribution < 1.29 is 4.79 Å². The second-order valence-corrected chi connectivity index (χ2v) is 6.87. The molecule has 140 valence electrons. The number of fused-ring (bicyclic) bond motifs is 2. The van der Waals surface area contributed by atoms with Crippen molar-refractivity contribution in [1.82, 2.24) is 39.4 Å². The molecule has 0 spiro atoms. The summed E-state index contributed by atoms with van der Waals surface area (Å²) in [6, 6.07) is 5.51. The molecule has 4 heterocycles. The van der Waals surface area contributed by atoms with Gasteiger partial charge < -0.3 is 9.47 Å². The number of hydrogen-bond acceptors (Lipinski definition) is 6. The lowest BCUT2D eigenvalue weighted by atomic mass is 10.0. The van der Waals surface area contributed by atoms with Crippen molar-refractivity contribution in [2.24, 2.45) is 14.1 Å². The third-order valence-corrected chi connectivity index (χ3v) is 5.18. The van der Waals surface area contributed by atoms with E-state index in [1.54, 1.807) is 18.7 Å². The van der Waals surface area contributed by atoms with Gasteiger partial charge in [0.05, 0.1) is 17.6 Å². The molecule has 28 heavy (non-hydrogen) atoms. The zero-order valence-corrected chi connectivity index (χ0v) is 15.6. The van der Waals surface area contributed by atoms with Gasteiger partial charge in [-0.2, -0.15) is 5.10 Å². The molecule has 0 fully saturated rings. The molecule has 5 rings (SSSR count). The molecule has 0 aliphatic carbocycles. The number of rotatable bonds is 2. The third kappa shape index (κ3) is 2.47. The van der Waals surface area contributed by atoms with Gasteiger partial charge in [-0.3, -0.25) is 19.4 Å². The molecule has 1 amide bonds. The summed E-state index contributed by atoms with van der Waals surface area (Å²) in [5.74, 6) is 0.645. The van der Waals surface area contributed by atoms with E-state index in [-0.39, 0.29) is 5.91 Å². The Labute approximate surface area is 160 Å². The highest BCUT2D eigenvalue weighted by molar-refractivity contribution is 6.04. The first-order valence-corrected chi connectivity index (χ1v) is 9.01. The molecule has 3 aromatic heterocycles. The largest absolute Gasteiger partial charge is 0.334 e. The highest BCUT2D eigenvalue weighted by atomic mass is 16.2. The van der Waals surface area contributed by atoms with Crippen molar-refractivity contribution in [2.45, 2.75) is 13.0 Å². The topological polar surface area (TPSA) is 94.6 Å². The number of aryl methyl sites for hydroxylation is 2. The summed E-state index contributed by atoms with van der Waals surface area (Å²) in [5, 5.41) is 12.8. The summed E-state index contributed by atoms with van der Waals surface area (Å²) in [4.78, 5) is 23.8. The quantitative estimate of drug-likeness (QED) is 0.526. The highest BCUT2D eigenvalue weighted by Gasteiger charge is 2.30. The van der Waals surface area contributed by atoms with Gasteiger partial charge in [0.2, 0.25) is 0 Å². The lowest BCUT2D eigenvalue weighted by Crippen LogP contribution is -2.36. The molecule has 0 radical (unpaired) electrons. The Morgan fingerprint density at radius 2 is 2.00 bits per heavy atom. The molecule has 1 aliphatic rings. The van der Waals surface area contributed by atoms with Crippen LogP contribution in [-0.2, 0) is 27.1 Å². The predicted molar refractivity (Wildman–Crippen MR) is 101 cm³/mol. The highest BCUT2D eigenvalue weighted by Crippen LogP contribution is 2.29. The van der Waals surface area contributed by atoms with E-state index in [0.717, 1.165) is 23.4 Å². The summed E-state index contributed by atoms with van der Waals surface area (Å²) in [6.45, 7) is 1.10. The Morgan fingerprint density at radius 3 is 2.82 bits per heavy atom. The van der Waals surface area contributed by atoms with Crippen LogP contribution in [0.25, 0.3) is 22.6 Å². The van der Waals surface area contributed by atoms with E-state index in [0.29, 0.717) is 35.5 Å². The fourth-order valence-corrected chi connectivity index (χ4v) is 3.78. The number of carbonyl (C=O) groups excluding carboxylic acids is 1. The summed E-state index contributed by atoms with van der Waals surface area (Å²) in [5.41, 5.74) is 4.82. The van der Waals surface area contributed by atoms with Gasteiger partial charge in [0.1, 0.15) is 17.5 Å². The minimum Gasteiger partial charge on any atom is -0.334 e. The average Bonchev–Trinajstić information content (AvgIpc) is 3.29. The summed E-state index contributed by atoms with van der Waals surface area (Å²) in [7, 11) is 3.81. The maximum absolute atomic E-state index is 13.3. The molecule has 9 nitrogen and oxygen atoms in total. The second-order valence-electron chi connectivity index (χ2n) is 6.87. The van der Waals surface area contributed by atoms with Gasteiger partial charge in [-0.1, -0.05) is 6.07 Å². The number of para-hydroxylation sites is 1. The van der Waals surface area contributed by atoms with Crippen LogP contribution in [0.2, 0.25) is 0 Å². The van der Waals surface area contributed by atoms with Crippen LogP contribution in [0.3, 0.4) is 0 Å². The van der Waals surface area contributed by atoms with Crippen molar-refractivity contribution in [3.63, 3.8) is 0 Å². The Balaban J connectivity index is 1.54. The molecule has 0 bridgehead atoms. The molecule has 4 aromatic rings. The minimum absolute atomic E-state index is 0.0514. The van der Waals surface area contributed by atoms with E-state index >= 15 is 0 Å². The van der Waals surface area contributed by atoms with E-state index in [9.17, 15) is 4.79 Å². The molecule has 0 atom stereocenters. The van der Waals surface area contributed by atoms with E-state index in [1.165, 1.54) is 0 Å². The molecular weight excluding hydrogens is 356 g/mol. The maximum atomic E-state index is 13.3. The van der Waals surface area contributed by atoms with Gasteiger partial charge in [0, 0.05) is 50.7 Å². The van der Waals surface area contributed by atoms with Gasteiger partial charge in [-0.15, -0.1) is 10.2 Å². The summed E-state index contributed by atoms with van der Waals surface area (Å²) in [6.07, 6.45) is 5.63. The molecular formula is C19H18N8O. The Morgan fingerprint density at radius 1 is 1.14 bits per heavy atom. The van der Waals surface area contributed by atoms with Crippen LogP contribution in [0.5, 0.6) is 0 Å². The monoisotopic (exact) mass is 374 g/mol. The normalized spacial score (nSPS) is 13.7. The Hall–Kier alpha value is -3.62. The Kier molecular flexibility index (Phi) is 3.68. The molecule has 1 aliphatic heterocycles. The van der Waals surface area contributed by atoms with E-state index < -0.39 is 0 Å². The summed E-state index contributed by atoms with van der Waals surface area (Å²) < 4.78 is 3.72. The Bertz CT molecular complexity index is 1200. The van der Waals surface area contributed by atoms with Crippen LogP contribution in [0.4, 0.5) is 0 Å². The SMILES string of the molecule is Cn1cnnc1-c1nn(C)c2c1CN(C(=O)c1cccc3nccnc13)CC2. The third-order valence-electron chi connectivity index (χ3n) is 5.18. The molecule has 1 aromatic carbocycles. The fourth-order valence-electron chi connectivity index (χ4n) is 3.78. The lowest BCUT2D eigenvalue weighted by Gasteiger charge is -2.28. The molecule has 9 heteroatoms. The minimum atomic E-state index is -0.0514. The average molecular weight is 374 g/mol. The van der Waals surface area contributed by atoms with Crippen molar-refractivity contribution in [1.29, 1.82) is 0 Å². The van der Waals surface area contributed by atoms with Crippen molar-refractivity contribution in [3.05, 3.63) is 53.7 Å². The lowest BCUT2D eigenvalue weighted by molar-refractivity contribution is 0.0735. The zero-order chi connectivity index (χ0) is 19.3. The first-order valence-electron chi connectivity index (χ1n) is 9.01. The van der Waals surface area contributed by atoms with E-state index in [2.05, 4.69) is 25.3 Å². The van der Waals surface area contributed by atoms with Crippen molar-refractivity contribution in [2.75, 3.05) is 6.54 Å². The van der Waals surface area contributed by atoms with Gasteiger partial charge in [0.15, 0.2) is 5.82 Å². The fraction of sp³-hybridized carbons (Fsp3) is 0.263. The van der Waals surface area contributed by atoms with Crippen LogP contribution in [0, 0.1) is 0 Å². The number of benzene rings is 1. The molecule has 0 unspecified atom stereocenters. The van der Waals surface area contributed by atoms with E-state index in [1.807, 2.05) is 46.4 Å². The number of nitrogens with zero attached hydrogens (tertiary/aromatic N) is 8. The van der Waals surface area contributed by atoms with Crippen molar-refractivity contribution in [3.8, 4) is 11.5 Å². The number of amides is 1. The van der Waals surface area contributed by atoms with Crippen LogP contribution >= 0.6 is 0 Å². The number of hydrogen-bond donors (Lipinski definition) is 0. The maximum Gasteiger partial charge on any atom is 0.256 e. The van der Waals surface area contributed by atoms with Gasteiger partial charge in [-0.25, -0.2) is 0 Å².